The van der Waals surface area contributed by atoms with Crippen LogP contribution >= 0.6 is 0 Å². The van der Waals surface area contributed by atoms with Gasteiger partial charge in [0, 0.05) is 62.2 Å². The number of hydrogen-bond acceptors (Lipinski definition) is 6. The Labute approximate surface area is 257 Å². The molecule has 0 saturated carbocycles. The molecule has 0 radical (unpaired) electrons. The van der Waals surface area contributed by atoms with Crippen LogP contribution in [0.25, 0.3) is 39.9 Å². The minimum Gasteiger partial charge on any atom is -0.464 e. The number of nitrogens with one attached hydrogen (secondary N) is 1. The van der Waals surface area contributed by atoms with Gasteiger partial charge in [0.15, 0.2) is 0 Å². The van der Waals surface area contributed by atoms with E-state index in [1.165, 1.54) is 23.1 Å². The lowest BCUT2D eigenvalue weighted by Gasteiger charge is -2.22. The average molecular weight is 613 g/mol. The average Bonchev–Trinajstić information content (AvgIpc) is 3.43. The number of hydrogen-bond donors (Lipinski definition) is 1. The maximum atomic E-state index is 14.0. The number of H-pyrrole nitrogens is 1. The summed E-state index contributed by atoms with van der Waals surface area (Å²) in [5.74, 6) is -0.436. The second kappa shape index (κ2) is 11.4. The fraction of sp³-hybridized carbons (Fsp3) is 0.364. The number of benzene rings is 1. The maximum Gasteiger partial charge on any atom is 0.332 e. The number of ether oxygens (including phenoxy) is 1. The maximum absolute atomic E-state index is 14.0. The molecule has 0 bridgehead atoms. The zero-order chi connectivity index (χ0) is 32.2. The topological polar surface area (TPSA) is 135 Å². The van der Waals surface area contributed by atoms with Crippen LogP contribution < -0.4 is 22.5 Å². The first-order valence-electron chi connectivity index (χ1n) is 15.2. The Morgan fingerprint density at radius 1 is 0.933 bits per heavy atom. The Balaban J connectivity index is 1.75. The van der Waals surface area contributed by atoms with Crippen molar-refractivity contribution in [1.82, 2.24) is 27.8 Å². The minimum atomic E-state index is -0.501. The standard InChI is InChI=1S/C33H36N6O6/c1-6-8-16-37-31(42)26-22-14-15-23-25(17-24(22)38(28(26)34-32(37)43)20(7-2)18-45-19(3)40)39(21-12-10-9-11-13-21)29-27(23)30(41)36(5)33(44)35(29)4/h9-15,20H,6-8,16-18H2,1-5H3,(H,34,43)/t20-/m1/s1. The summed E-state index contributed by atoms with van der Waals surface area (Å²) in [6, 6.07) is 9.08. The third-order valence-electron chi connectivity index (χ3n) is 8.79. The van der Waals surface area contributed by atoms with E-state index in [0.29, 0.717) is 46.0 Å². The van der Waals surface area contributed by atoms with Gasteiger partial charge in [0.2, 0.25) is 0 Å². The van der Waals surface area contributed by atoms with Crippen LogP contribution in [0.4, 0.5) is 0 Å². The molecular weight excluding hydrogens is 576 g/mol. The summed E-state index contributed by atoms with van der Waals surface area (Å²) in [6.07, 6.45) is 5.91. The highest BCUT2D eigenvalue weighted by Crippen LogP contribution is 2.38. The number of fused-ring (bicyclic) bond motifs is 6. The molecule has 1 N–H and O–H groups in total. The lowest BCUT2D eigenvalue weighted by molar-refractivity contribution is -0.142. The van der Waals surface area contributed by atoms with E-state index >= 15 is 0 Å². The van der Waals surface area contributed by atoms with Gasteiger partial charge in [0.1, 0.15) is 17.9 Å². The van der Waals surface area contributed by atoms with Crippen LogP contribution in [0.2, 0.25) is 0 Å². The normalized spacial score (nSPS) is 13.2. The molecule has 0 saturated heterocycles. The van der Waals surface area contributed by atoms with Crippen LogP contribution in [0.1, 0.15) is 68.6 Å². The van der Waals surface area contributed by atoms with Crippen molar-refractivity contribution in [3.63, 3.8) is 0 Å². The highest BCUT2D eigenvalue weighted by molar-refractivity contribution is 5.98. The molecule has 1 aliphatic carbocycles. The Bertz CT molecular complexity index is 2260. The lowest BCUT2D eigenvalue weighted by atomic mass is 10.1. The van der Waals surface area contributed by atoms with Crippen LogP contribution in [-0.4, -0.2) is 40.4 Å². The van der Waals surface area contributed by atoms with Crippen molar-refractivity contribution in [1.29, 1.82) is 0 Å². The summed E-state index contributed by atoms with van der Waals surface area (Å²) in [5.41, 5.74) is 2.54. The van der Waals surface area contributed by atoms with Gasteiger partial charge < -0.3 is 9.30 Å². The van der Waals surface area contributed by atoms with Crippen LogP contribution in [0.5, 0.6) is 0 Å². The van der Waals surface area contributed by atoms with E-state index in [2.05, 4.69) is 4.98 Å². The van der Waals surface area contributed by atoms with Gasteiger partial charge in [-0.2, -0.15) is 0 Å². The summed E-state index contributed by atoms with van der Waals surface area (Å²) >= 11 is 0. The third-order valence-corrected chi connectivity index (χ3v) is 8.79. The third kappa shape index (κ3) is 4.63. The van der Waals surface area contributed by atoms with Crippen molar-refractivity contribution < 1.29 is 9.53 Å². The molecule has 1 aliphatic rings. The largest absolute Gasteiger partial charge is 0.464 e. The fourth-order valence-electron chi connectivity index (χ4n) is 6.52. The Hall–Kier alpha value is -5.13. The van der Waals surface area contributed by atoms with Gasteiger partial charge in [0.25, 0.3) is 11.1 Å². The second-order valence-corrected chi connectivity index (χ2v) is 11.5. The fourth-order valence-corrected chi connectivity index (χ4v) is 6.52. The minimum absolute atomic E-state index is 0.0380. The summed E-state index contributed by atoms with van der Waals surface area (Å²) in [6.45, 7) is 5.60. The quantitative estimate of drug-likeness (QED) is 0.262. The molecule has 234 valence electrons. The van der Waals surface area contributed by atoms with Crippen molar-refractivity contribution in [2.45, 2.75) is 59.0 Å². The number of aryl methyl sites for hydroxylation is 1. The molecule has 1 atom stereocenters. The molecule has 4 aromatic heterocycles. The number of esters is 1. The molecule has 0 unspecified atom stereocenters. The molecule has 0 aliphatic heterocycles. The molecule has 45 heavy (non-hydrogen) atoms. The smallest absolute Gasteiger partial charge is 0.332 e. The number of aromatic nitrogens is 6. The summed E-state index contributed by atoms with van der Waals surface area (Å²) in [4.78, 5) is 69.0. The summed E-state index contributed by atoms with van der Waals surface area (Å²) in [7, 11) is 3.10. The van der Waals surface area contributed by atoms with E-state index in [0.717, 1.165) is 28.1 Å². The van der Waals surface area contributed by atoms with Gasteiger partial charge >= 0.3 is 17.3 Å². The van der Waals surface area contributed by atoms with E-state index in [4.69, 9.17) is 4.74 Å². The van der Waals surface area contributed by atoms with Crippen molar-refractivity contribution in [3.8, 4) is 5.69 Å². The highest BCUT2D eigenvalue weighted by atomic mass is 16.5. The van der Waals surface area contributed by atoms with E-state index in [1.807, 2.05) is 65.5 Å². The van der Waals surface area contributed by atoms with Gasteiger partial charge in [-0.15, -0.1) is 0 Å². The highest BCUT2D eigenvalue weighted by Gasteiger charge is 2.31. The predicted molar refractivity (Wildman–Crippen MR) is 173 cm³/mol. The summed E-state index contributed by atoms with van der Waals surface area (Å²) < 4.78 is 13.1. The number of aromatic amines is 1. The van der Waals surface area contributed by atoms with E-state index in [-0.39, 0.29) is 19.6 Å². The number of rotatable bonds is 8. The van der Waals surface area contributed by atoms with Gasteiger partial charge in [-0.05, 0) is 25.0 Å². The van der Waals surface area contributed by atoms with Crippen LogP contribution in [0.3, 0.4) is 0 Å². The number of unbranched alkanes of at least 4 members (excludes halogenated alkanes) is 1. The Morgan fingerprint density at radius 3 is 2.27 bits per heavy atom. The molecular formula is C33H36N6O6. The molecule has 12 heteroatoms. The first-order chi connectivity index (χ1) is 21.6. The second-order valence-electron chi connectivity index (χ2n) is 11.5. The zero-order valence-electron chi connectivity index (χ0n) is 26.0. The van der Waals surface area contributed by atoms with Gasteiger partial charge in [-0.3, -0.25) is 37.6 Å². The molecule has 12 nitrogen and oxygen atoms in total. The molecule has 1 aromatic carbocycles. The number of carbonyl (C=O) groups is 1. The lowest BCUT2D eigenvalue weighted by Crippen LogP contribution is -2.37. The molecule has 6 rings (SSSR count). The zero-order valence-corrected chi connectivity index (χ0v) is 26.0. The number of para-hydroxylation sites is 1. The van der Waals surface area contributed by atoms with Gasteiger partial charge in [0.05, 0.1) is 16.8 Å². The first kappa shape index (κ1) is 29.9. The van der Waals surface area contributed by atoms with E-state index in [1.54, 1.807) is 7.05 Å². The molecule has 0 fully saturated rings. The van der Waals surface area contributed by atoms with E-state index in [9.17, 15) is 24.0 Å². The van der Waals surface area contributed by atoms with Crippen molar-refractivity contribution in [3.05, 3.63) is 94.5 Å². The van der Waals surface area contributed by atoms with Gasteiger partial charge in [-0.1, -0.05) is 50.6 Å². The van der Waals surface area contributed by atoms with Crippen molar-refractivity contribution in [2.75, 3.05) is 6.61 Å². The SMILES string of the molecule is CCCCn1c(=O)[nH]c2c(c3c(n2[C@H](CC)COC(C)=O)Cc2c(c4c(=O)n(C)c(=O)n(C)c4n2-c2ccccc2)C=C3)c1=O. The Kier molecular flexibility index (Phi) is 7.59. The molecule has 0 spiro atoms. The van der Waals surface area contributed by atoms with Crippen LogP contribution in [-0.2, 0) is 36.6 Å². The van der Waals surface area contributed by atoms with Crippen LogP contribution in [0.15, 0.2) is 49.5 Å². The number of nitrogens with zero attached hydrogens (tertiary/aromatic N) is 5. The summed E-state index contributed by atoms with van der Waals surface area (Å²) in [5, 5.41) is 0.746. The van der Waals surface area contributed by atoms with Crippen molar-refractivity contribution >= 4 is 40.2 Å². The van der Waals surface area contributed by atoms with E-state index < -0.39 is 34.5 Å². The van der Waals surface area contributed by atoms with Crippen LogP contribution in [0, 0.1) is 0 Å². The monoisotopic (exact) mass is 612 g/mol. The molecule has 4 heterocycles. The molecule has 5 aromatic rings. The van der Waals surface area contributed by atoms with Gasteiger partial charge in [-0.25, -0.2) is 9.59 Å². The predicted octanol–water partition coefficient (Wildman–Crippen LogP) is 3.22. The first-order valence-corrected chi connectivity index (χ1v) is 15.2. The molecule has 0 amide bonds. The van der Waals surface area contributed by atoms with Crippen molar-refractivity contribution in [2.24, 2.45) is 14.1 Å². The number of carbonyl (C=O) groups excluding carboxylic acids is 1. The Morgan fingerprint density at radius 2 is 1.62 bits per heavy atom.